The largest absolute Gasteiger partial charge is 0.383 e. The lowest BCUT2D eigenvalue weighted by Gasteiger charge is -2.27. The van der Waals surface area contributed by atoms with Crippen LogP contribution in [0.3, 0.4) is 0 Å². The van der Waals surface area contributed by atoms with Gasteiger partial charge >= 0.3 is 0 Å². The molecule has 0 fully saturated rings. The van der Waals surface area contributed by atoms with E-state index in [-0.39, 0.29) is 11.8 Å². The summed E-state index contributed by atoms with van der Waals surface area (Å²) in [6.45, 7) is 6.08. The molecular formula is C27H34N4O3. The third-order valence-electron chi connectivity index (χ3n) is 6.53. The Morgan fingerprint density at radius 1 is 0.971 bits per heavy atom. The monoisotopic (exact) mass is 462 g/mol. The van der Waals surface area contributed by atoms with Crippen molar-refractivity contribution in [1.29, 1.82) is 0 Å². The third-order valence-corrected chi connectivity index (χ3v) is 6.53. The van der Waals surface area contributed by atoms with Gasteiger partial charge in [0.1, 0.15) is 5.69 Å². The molecule has 1 aromatic heterocycles. The molecule has 0 saturated heterocycles. The van der Waals surface area contributed by atoms with Gasteiger partial charge in [-0.05, 0) is 43.8 Å². The zero-order valence-corrected chi connectivity index (χ0v) is 20.4. The van der Waals surface area contributed by atoms with Crippen molar-refractivity contribution in [1.82, 2.24) is 14.4 Å². The van der Waals surface area contributed by atoms with Gasteiger partial charge in [0, 0.05) is 63.3 Å². The molecular weight excluding hydrogens is 428 g/mol. The van der Waals surface area contributed by atoms with Gasteiger partial charge in [0.2, 0.25) is 5.91 Å². The Kier molecular flexibility index (Phi) is 7.65. The highest BCUT2D eigenvalue weighted by Crippen LogP contribution is 2.26. The number of nitrogens with zero attached hydrogens (tertiary/aromatic N) is 4. The predicted molar refractivity (Wildman–Crippen MR) is 135 cm³/mol. The zero-order valence-electron chi connectivity index (χ0n) is 20.4. The van der Waals surface area contributed by atoms with Gasteiger partial charge in [0.25, 0.3) is 5.91 Å². The van der Waals surface area contributed by atoms with E-state index < -0.39 is 0 Å². The summed E-state index contributed by atoms with van der Waals surface area (Å²) >= 11 is 0. The summed E-state index contributed by atoms with van der Waals surface area (Å²) in [6.07, 6.45) is 0.879. The summed E-state index contributed by atoms with van der Waals surface area (Å²) < 4.78 is 7.39. The van der Waals surface area contributed by atoms with Crippen molar-refractivity contribution in [3.63, 3.8) is 0 Å². The summed E-state index contributed by atoms with van der Waals surface area (Å²) in [7, 11) is 3.75. The highest BCUT2D eigenvalue weighted by atomic mass is 16.5. The first-order valence-electron chi connectivity index (χ1n) is 11.9. The number of anilines is 1. The SMILES string of the molecule is COCCn1c(C(=O)N2CCN(C)CCCN(C(C)=O)c3ccccc3C2)cc2ccccc21. The van der Waals surface area contributed by atoms with Crippen LogP contribution in [0, 0.1) is 0 Å². The first kappa shape index (κ1) is 24.0. The first-order chi connectivity index (χ1) is 16.5. The molecule has 0 atom stereocenters. The maximum Gasteiger partial charge on any atom is 0.270 e. The fraction of sp³-hybridized carbons (Fsp3) is 0.407. The molecule has 0 aliphatic carbocycles. The van der Waals surface area contributed by atoms with Crippen LogP contribution in [-0.4, -0.2) is 73.1 Å². The number of benzene rings is 2. The summed E-state index contributed by atoms with van der Waals surface area (Å²) in [5.74, 6) is 0.0102. The molecule has 0 unspecified atom stereocenters. The molecule has 3 aromatic rings. The zero-order chi connectivity index (χ0) is 24.1. The number of hydrogen-bond acceptors (Lipinski definition) is 4. The van der Waals surface area contributed by atoms with E-state index in [2.05, 4.69) is 16.5 Å². The lowest BCUT2D eigenvalue weighted by Crippen LogP contribution is -2.38. The van der Waals surface area contributed by atoms with Gasteiger partial charge in [0.05, 0.1) is 6.61 Å². The molecule has 2 amide bonds. The first-order valence-corrected chi connectivity index (χ1v) is 11.9. The number of ether oxygens (including phenoxy) is 1. The normalized spacial score (nSPS) is 15.7. The van der Waals surface area contributed by atoms with E-state index in [1.54, 1.807) is 14.0 Å². The Morgan fingerprint density at radius 2 is 1.74 bits per heavy atom. The smallest absolute Gasteiger partial charge is 0.270 e. The second kappa shape index (κ2) is 10.8. The topological polar surface area (TPSA) is 58.0 Å². The summed E-state index contributed by atoms with van der Waals surface area (Å²) in [4.78, 5) is 32.5. The van der Waals surface area contributed by atoms with Crippen LogP contribution < -0.4 is 4.90 Å². The van der Waals surface area contributed by atoms with Crippen molar-refractivity contribution >= 4 is 28.4 Å². The molecule has 7 nitrogen and oxygen atoms in total. The number of methoxy groups -OCH3 is 1. The van der Waals surface area contributed by atoms with Gasteiger partial charge < -0.3 is 24.0 Å². The number of hydrogen-bond donors (Lipinski definition) is 0. The molecule has 7 heteroatoms. The van der Waals surface area contributed by atoms with E-state index in [0.717, 1.165) is 41.7 Å². The minimum Gasteiger partial charge on any atom is -0.383 e. The number of para-hydroxylation sites is 2. The summed E-state index contributed by atoms with van der Waals surface area (Å²) in [6, 6.07) is 18.0. The van der Waals surface area contributed by atoms with Gasteiger partial charge in [-0.2, -0.15) is 0 Å². The van der Waals surface area contributed by atoms with E-state index in [1.165, 1.54) is 0 Å². The lowest BCUT2D eigenvalue weighted by molar-refractivity contribution is -0.116. The molecule has 2 aromatic carbocycles. The predicted octanol–water partition coefficient (Wildman–Crippen LogP) is 3.62. The van der Waals surface area contributed by atoms with E-state index in [1.807, 2.05) is 64.4 Å². The lowest BCUT2D eigenvalue weighted by atomic mass is 10.1. The standard InChI is InChI=1S/C27H34N4O3/c1-21(32)30-14-8-13-28(2)15-16-29(20-23-10-5-7-12-25(23)30)27(33)26-19-22-9-4-6-11-24(22)31(26)17-18-34-3/h4-7,9-12,19H,8,13-18,20H2,1-3H3. The van der Waals surface area contributed by atoms with Gasteiger partial charge in [-0.15, -0.1) is 0 Å². The molecule has 4 rings (SSSR count). The molecule has 0 N–H and O–H groups in total. The molecule has 2 heterocycles. The van der Waals surface area contributed by atoms with E-state index in [4.69, 9.17) is 4.74 Å². The second-order valence-electron chi connectivity index (χ2n) is 8.92. The number of aromatic nitrogens is 1. The van der Waals surface area contributed by atoms with Crippen LogP contribution in [0.2, 0.25) is 0 Å². The molecule has 0 saturated carbocycles. The maximum atomic E-state index is 14.0. The Hall–Kier alpha value is -3.16. The molecule has 1 aliphatic heterocycles. The van der Waals surface area contributed by atoms with Crippen LogP contribution in [-0.2, 0) is 22.6 Å². The highest BCUT2D eigenvalue weighted by Gasteiger charge is 2.25. The van der Waals surface area contributed by atoms with Crippen molar-refractivity contribution in [3.05, 3.63) is 65.9 Å². The number of carbonyl (C=O) groups is 2. The van der Waals surface area contributed by atoms with Crippen LogP contribution in [0.25, 0.3) is 10.9 Å². The van der Waals surface area contributed by atoms with Crippen LogP contribution in [0.1, 0.15) is 29.4 Å². The number of amides is 2. The van der Waals surface area contributed by atoms with E-state index in [9.17, 15) is 9.59 Å². The number of fused-ring (bicyclic) bond motifs is 2. The number of carbonyl (C=O) groups excluding carboxylic acids is 2. The number of rotatable bonds is 4. The minimum atomic E-state index is -0.0101. The van der Waals surface area contributed by atoms with Crippen LogP contribution in [0.15, 0.2) is 54.6 Å². The Morgan fingerprint density at radius 3 is 2.53 bits per heavy atom. The Balaban J connectivity index is 1.74. The van der Waals surface area contributed by atoms with Crippen molar-refractivity contribution in [2.75, 3.05) is 51.8 Å². The van der Waals surface area contributed by atoms with Gasteiger partial charge in [0.15, 0.2) is 0 Å². The quantitative estimate of drug-likeness (QED) is 0.594. The summed E-state index contributed by atoms with van der Waals surface area (Å²) in [5, 5.41) is 1.04. The van der Waals surface area contributed by atoms with Crippen molar-refractivity contribution in [3.8, 4) is 0 Å². The molecule has 0 spiro atoms. The van der Waals surface area contributed by atoms with Crippen molar-refractivity contribution < 1.29 is 14.3 Å². The Bertz CT molecular complexity index is 1160. The van der Waals surface area contributed by atoms with Crippen LogP contribution >= 0.6 is 0 Å². The molecule has 1 aliphatic rings. The van der Waals surface area contributed by atoms with Gasteiger partial charge in [-0.25, -0.2) is 0 Å². The maximum absolute atomic E-state index is 14.0. The Labute approximate surface area is 201 Å². The van der Waals surface area contributed by atoms with Crippen molar-refractivity contribution in [2.24, 2.45) is 0 Å². The molecule has 180 valence electrons. The van der Waals surface area contributed by atoms with E-state index >= 15 is 0 Å². The fourth-order valence-corrected chi connectivity index (χ4v) is 4.69. The van der Waals surface area contributed by atoms with Crippen LogP contribution in [0.5, 0.6) is 0 Å². The average Bonchev–Trinajstić information content (AvgIpc) is 3.19. The van der Waals surface area contributed by atoms with E-state index in [0.29, 0.717) is 38.5 Å². The van der Waals surface area contributed by atoms with Gasteiger partial charge in [-0.3, -0.25) is 9.59 Å². The molecule has 34 heavy (non-hydrogen) atoms. The summed E-state index contributed by atoms with van der Waals surface area (Å²) in [5.41, 5.74) is 3.56. The second-order valence-corrected chi connectivity index (χ2v) is 8.92. The third kappa shape index (κ3) is 5.16. The number of likely N-dealkylation sites (N-methyl/N-ethyl adjacent to an activating group) is 1. The average molecular weight is 463 g/mol. The minimum absolute atomic E-state index is 0.0101. The molecule has 0 bridgehead atoms. The van der Waals surface area contributed by atoms with Crippen molar-refractivity contribution in [2.45, 2.75) is 26.4 Å². The highest BCUT2D eigenvalue weighted by molar-refractivity contribution is 5.99. The molecule has 0 radical (unpaired) electrons. The fourth-order valence-electron chi connectivity index (χ4n) is 4.69. The van der Waals surface area contributed by atoms with Crippen LogP contribution in [0.4, 0.5) is 5.69 Å². The van der Waals surface area contributed by atoms with Gasteiger partial charge in [-0.1, -0.05) is 36.4 Å².